The molecule has 2 aliphatic carbocycles. The summed E-state index contributed by atoms with van der Waals surface area (Å²) in [5.74, 6) is 1.47. The van der Waals surface area contributed by atoms with Crippen LogP contribution < -0.4 is 0 Å². The SMILES string of the molecule is CC1(CC=O)CC2C=CC1C2. The van der Waals surface area contributed by atoms with E-state index in [0.29, 0.717) is 11.3 Å². The highest BCUT2D eigenvalue weighted by Gasteiger charge is 2.44. The lowest BCUT2D eigenvalue weighted by molar-refractivity contribution is -0.110. The quantitative estimate of drug-likeness (QED) is 0.435. The van der Waals surface area contributed by atoms with Gasteiger partial charge in [0.05, 0.1) is 0 Å². The van der Waals surface area contributed by atoms with Gasteiger partial charge in [-0.05, 0) is 30.1 Å². The Bertz CT molecular complexity index is 207. The molecule has 3 unspecified atom stereocenters. The second-order valence-electron chi connectivity index (χ2n) is 4.22. The molecule has 1 saturated carbocycles. The molecular formula is C10H14O. The van der Waals surface area contributed by atoms with E-state index < -0.39 is 0 Å². The molecule has 2 bridgehead atoms. The summed E-state index contributed by atoms with van der Waals surface area (Å²) in [6, 6.07) is 0. The number of aldehydes is 1. The summed E-state index contributed by atoms with van der Waals surface area (Å²) in [5, 5.41) is 0. The number of hydrogen-bond acceptors (Lipinski definition) is 1. The van der Waals surface area contributed by atoms with Crippen LogP contribution in [0.2, 0.25) is 0 Å². The first-order chi connectivity index (χ1) is 5.24. The molecule has 0 heterocycles. The van der Waals surface area contributed by atoms with Gasteiger partial charge in [0.15, 0.2) is 0 Å². The summed E-state index contributed by atoms with van der Waals surface area (Å²) in [6.07, 6.45) is 8.97. The minimum absolute atomic E-state index is 0.307. The van der Waals surface area contributed by atoms with Crippen molar-refractivity contribution in [2.75, 3.05) is 0 Å². The van der Waals surface area contributed by atoms with Crippen LogP contribution in [0.4, 0.5) is 0 Å². The van der Waals surface area contributed by atoms with Crippen LogP contribution in [0.5, 0.6) is 0 Å². The van der Waals surface area contributed by atoms with Crippen LogP contribution in [0.3, 0.4) is 0 Å². The Morgan fingerprint density at radius 2 is 2.45 bits per heavy atom. The van der Waals surface area contributed by atoms with Crippen molar-refractivity contribution in [1.29, 1.82) is 0 Å². The van der Waals surface area contributed by atoms with Crippen molar-refractivity contribution in [1.82, 2.24) is 0 Å². The molecule has 1 fully saturated rings. The van der Waals surface area contributed by atoms with E-state index in [2.05, 4.69) is 19.1 Å². The zero-order chi connectivity index (χ0) is 7.90. The number of carbonyl (C=O) groups is 1. The molecule has 1 nitrogen and oxygen atoms in total. The maximum Gasteiger partial charge on any atom is 0.120 e. The first-order valence-electron chi connectivity index (χ1n) is 4.36. The molecule has 0 radical (unpaired) electrons. The number of hydrogen-bond donors (Lipinski definition) is 0. The van der Waals surface area contributed by atoms with Gasteiger partial charge in [0.2, 0.25) is 0 Å². The van der Waals surface area contributed by atoms with Crippen molar-refractivity contribution in [2.45, 2.75) is 26.2 Å². The van der Waals surface area contributed by atoms with Crippen molar-refractivity contribution in [3.8, 4) is 0 Å². The van der Waals surface area contributed by atoms with Gasteiger partial charge >= 0.3 is 0 Å². The molecule has 0 aromatic heterocycles. The van der Waals surface area contributed by atoms with E-state index in [1.165, 1.54) is 12.8 Å². The number of fused-ring (bicyclic) bond motifs is 2. The molecule has 3 atom stereocenters. The predicted molar refractivity (Wildman–Crippen MR) is 44.1 cm³/mol. The molecule has 0 saturated heterocycles. The van der Waals surface area contributed by atoms with E-state index in [0.717, 1.165) is 18.6 Å². The third kappa shape index (κ3) is 0.943. The number of rotatable bonds is 2. The maximum atomic E-state index is 10.4. The zero-order valence-corrected chi connectivity index (χ0v) is 6.92. The maximum absolute atomic E-state index is 10.4. The molecule has 0 aliphatic heterocycles. The highest BCUT2D eigenvalue weighted by Crippen LogP contribution is 2.53. The fraction of sp³-hybridized carbons (Fsp3) is 0.700. The van der Waals surface area contributed by atoms with Gasteiger partial charge in [-0.1, -0.05) is 19.1 Å². The molecule has 0 aromatic carbocycles. The molecule has 11 heavy (non-hydrogen) atoms. The average molecular weight is 150 g/mol. The minimum atomic E-state index is 0.307. The summed E-state index contributed by atoms with van der Waals surface area (Å²) < 4.78 is 0. The Morgan fingerprint density at radius 3 is 2.91 bits per heavy atom. The summed E-state index contributed by atoms with van der Waals surface area (Å²) in [4.78, 5) is 10.4. The van der Waals surface area contributed by atoms with Crippen molar-refractivity contribution in [3.05, 3.63) is 12.2 Å². The standard InChI is InChI=1S/C10H14O/c1-10(4-5-11)7-8-2-3-9(10)6-8/h2-3,5,8-9H,4,6-7H2,1H3. The number of carbonyl (C=O) groups excluding carboxylic acids is 1. The molecule has 0 N–H and O–H groups in total. The molecule has 2 rings (SSSR count). The summed E-state index contributed by atoms with van der Waals surface area (Å²) in [7, 11) is 0. The van der Waals surface area contributed by atoms with Gasteiger partial charge in [-0.25, -0.2) is 0 Å². The molecule has 2 aliphatic rings. The molecule has 0 spiro atoms. The van der Waals surface area contributed by atoms with E-state index in [-0.39, 0.29) is 0 Å². The predicted octanol–water partition coefficient (Wildman–Crippen LogP) is 2.18. The van der Waals surface area contributed by atoms with Gasteiger partial charge in [0.1, 0.15) is 6.29 Å². The van der Waals surface area contributed by atoms with Gasteiger partial charge in [-0.2, -0.15) is 0 Å². The molecular weight excluding hydrogens is 136 g/mol. The topological polar surface area (TPSA) is 17.1 Å². The van der Waals surface area contributed by atoms with E-state index in [4.69, 9.17) is 0 Å². The normalized spacial score (nSPS) is 46.6. The van der Waals surface area contributed by atoms with E-state index in [1.807, 2.05) is 0 Å². The van der Waals surface area contributed by atoms with Crippen LogP contribution in [-0.4, -0.2) is 6.29 Å². The first-order valence-corrected chi connectivity index (χ1v) is 4.36. The fourth-order valence-corrected chi connectivity index (χ4v) is 2.62. The Morgan fingerprint density at radius 1 is 1.64 bits per heavy atom. The molecule has 1 heteroatoms. The van der Waals surface area contributed by atoms with Crippen molar-refractivity contribution < 1.29 is 4.79 Å². The lowest BCUT2D eigenvalue weighted by Gasteiger charge is -2.28. The van der Waals surface area contributed by atoms with Crippen molar-refractivity contribution in [2.24, 2.45) is 17.3 Å². The minimum Gasteiger partial charge on any atom is -0.303 e. The lowest BCUT2D eigenvalue weighted by atomic mass is 9.75. The van der Waals surface area contributed by atoms with Gasteiger partial charge in [-0.3, -0.25) is 0 Å². The second kappa shape index (κ2) is 2.20. The second-order valence-corrected chi connectivity index (χ2v) is 4.22. The van der Waals surface area contributed by atoms with Crippen LogP contribution in [0.1, 0.15) is 26.2 Å². The number of allylic oxidation sites excluding steroid dienone is 2. The van der Waals surface area contributed by atoms with Gasteiger partial charge in [0, 0.05) is 6.42 Å². The van der Waals surface area contributed by atoms with E-state index >= 15 is 0 Å². The summed E-state index contributed by atoms with van der Waals surface area (Å²) >= 11 is 0. The van der Waals surface area contributed by atoms with Gasteiger partial charge in [0.25, 0.3) is 0 Å². The first kappa shape index (κ1) is 7.08. The largest absolute Gasteiger partial charge is 0.303 e. The lowest BCUT2D eigenvalue weighted by Crippen LogP contribution is -2.21. The van der Waals surface area contributed by atoms with Gasteiger partial charge in [-0.15, -0.1) is 0 Å². The monoisotopic (exact) mass is 150 g/mol. The third-order valence-corrected chi connectivity index (χ3v) is 3.35. The van der Waals surface area contributed by atoms with Crippen molar-refractivity contribution in [3.63, 3.8) is 0 Å². The van der Waals surface area contributed by atoms with Crippen LogP contribution in [0, 0.1) is 17.3 Å². The Kier molecular flexibility index (Phi) is 1.41. The van der Waals surface area contributed by atoms with Crippen molar-refractivity contribution >= 4 is 6.29 Å². The smallest absolute Gasteiger partial charge is 0.120 e. The molecule has 0 aromatic rings. The van der Waals surface area contributed by atoms with Crippen LogP contribution in [-0.2, 0) is 4.79 Å². The summed E-state index contributed by atoms with van der Waals surface area (Å²) in [6.45, 7) is 2.25. The summed E-state index contributed by atoms with van der Waals surface area (Å²) in [5.41, 5.74) is 0.307. The molecule has 60 valence electrons. The van der Waals surface area contributed by atoms with Crippen LogP contribution in [0.15, 0.2) is 12.2 Å². The highest BCUT2D eigenvalue weighted by atomic mass is 16.1. The van der Waals surface area contributed by atoms with E-state index in [1.54, 1.807) is 0 Å². The highest BCUT2D eigenvalue weighted by molar-refractivity contribution is 5.51. The Labute approximate surface area is 67.5 Å². The Hall–Kier alpha value is -0.590. The van der Waals surface area contributed by atoms with Gasteiger partial charge < -0.3 is 4.79 Å². The Balaban J connectivity index is 2.16. The fourth-order valence-electron chi connectivity index (χ4n) is 2.62. The van der Waals surface area contributed by atoms with Crippen LogP contribution in [0.25, 0.3) is 0 Å². The average Bonchev–Trinajstić information content (AvgIpc) is 2.45. The van der Waals surface area contributed by atoms with E-state index in [9.17, 15) is 4.79 Å². The molecule has 0 amide bonds. The zero-order valence-electron chi connectivity index (χ0n) is 6.92. The van der Waals surface area contributed by atoms with Crippen LogP contribution >= 0.6 is 0 Å². The third-order valence-electron chi connectivity index (χ3n) is 3.35.